The van der Waals surface area contributed by atoms with Gasteiger partial charge >= 0.3 is 5.97 Å². The van der Waals surface area contributed by atoms with E-state index in [0.29, 0.717) is 11.5 Å². The number of hydrogen-bond acceptors (Lipinski definition) is 3. The van der Waals surface area contributed by atoms with Crippen LogP contribution < -0.4 is 0 Å². The van der Waals surface area contributed by atoms with Crippen LogP contribution in [0.1, 0.15) is 50.4 Å². The second-order valence-corrected chi connectivity index (χ2v) is 6.83. The first-order valence-corrected chi connectivity index (χ1v) is 8.61. The zero-order valence-corrected chi connectivity index (χ0v) is 14.7. The molecule has 1 aliphatic rings. The van der Waals surface area contributed by atoms with E-state index < -0.39 is 6.10 Å². The van der Waals surface area contributed by atoms with Crippen molar-refractivity contribution in [2.24, 2.45) is 11.8 Å². The maximum absolute atomic E-state index is 12.4. The summed E-state index contributed by atoms with van der Waals surface area (Å²) in [5, 5.41) is 0. The molecule has 0 N–H and O–H groups in total. The molecular weight excluding hydrogens is 300 g/mol. The quantitative estimate of drug-likeness (QED) is 0.560. The number of carbonyl (C=O) groups excluding carboxylic acids is 2. The molecule has 1 aromatic carbocycles. The lowest BCUT2D eigenvalue weighted by atomic mass is 9.84. The lowest BCUT2D eigenvalue weighted by Crippen LogP contribution is -2.32. The van der Waals surface area contributed by atoms with Gasteiger partial charge in [-0.05, 0) is 56.4 Å². The highest BCUT2D eigenvalue weighted by atomic mass is 16.5. The van der Waals surface area contributed by atoms with Crippen molar-refractivity contribution in [3.63, 3.8) is 0 Å². The third kappa shape index (κ3) is 5.19. The first kappa shape index (κ1) is 18.2. The van der Waals surface area contributed by atoms with Crippen LogP contribution in [0.2, 0.25) is 0 Å². The van der Waals surface area contributed by atoms with E-state index in [0.717, 1.165) is 24.8 Å². The third-order valence-electron chi connectivity index (χ3n) is 4.19. The van der Waals surface area contributed by atoms with Gasteiger partial charge in [-0.15, -0.1) is 0 Å². The van der Waals surface area contributed by atoms with Gasteiger partial charge in [0.05, 0.1) is 11.5 Å². The number of ether oxygens (including phenoxy) is 1. The van der Waals surface area contributed by atoms with E-state index in [9.17, 15) is 9.59 Å². The van der Waals surface area contributed by atoms with Crippen LogP contribution in [0, 0.1) is 11.8 Å². The minimum Gasteiger partial charge on any atom is -0.454 e. The molecule has 1 aromatic rings. The van der Waals surface area contributed by atoms with Crippen molar-refractivity contribution in [2.45, 2.75) is 46.1 Å². The smallest absolute Gasteiger partial charge is 0.338 e. The van der Waals surface area contributed by atoms with Gasteiger partial charge in [0, 0.05) is 0 Å². The summed E-state index contributed by atoms with van der Waals surface area (Å²) in [6.07, 6.45) is 7.58. The molecule has 0 saturated carbocycles. The Morgan fingerprint density at radius 1 is 1.29 bits per heavy atom. The molecule has 3 nitrogen and oxygen atoms in total. The third-order valence-corrected chi connectivity index (χ3v) is 4.19. The second kappa shape index (κ2) is 8.62. The number of benzene rings is 1. The highest BCUT2D eigenvalue weighted by Gasteiger charge is 2.30. The number of rotatable bonds is 6. The average molecular weight is 326 g/mol. The van der Waals surface area contributed by atoms with E-state index in [1.54, 1.807) is 30.3 Å². The summed E-state index contributed by atoms with van der Waals surface area (Å²) < 4.78 is 5.69. The molecule has 0 spiro atoms. The maximum atomic E-state index is 12.4. The lowest BCUT2D eigenvalue weighted by Gasteiger charge is -2.26. The fraction of sp³-hybridized carbons (Fsp3) is 0.429. The summed E-state index contributed by atoms with van der Waals surface area (Å²) in [6, 6.07) is 8.92. The summed E-state index contributed by atoms with van der Waals surface area (Å²) in [5.41, 5.74) is 1.60. The number of ketones is 1. The topological polar surface area (TPSA) is 43.4 Å². The Morgan fingerprint density at radius 2 is 2.00 bits per heavy atom. The van der Waals surface area contributed by atoms with Crippen LogP contribution in [0.25, 0.3) is 0 Å². The average Bonchev–Trinajstić information content (AvgIpc) is 2.54. The molecule has 0 aliphatic heterocycles. The number of carbonyl (C=O) groups is 2. The molecule has 2 atom stereocenters. The van der Waals surface area contributed by atoms with Gasteiger partial charge in [0.15, 0.2) is 5.78 Å². The highest BCUT2D eigenvalue weighted by Crippen LogP contribution is 2.26. The molecule has 128 valence electrons. The molecule has 0 fully saturated rings. The Kier molecular flexibility index (Phi) is 6.53. The molecule has 3 heteroatoms. The van der Waals surface area contributed by atoms with E-state index in [4.69, 9.17) is 4.74 Å². The molecule has 24 heavy (non-hydrogen) atoms. The Hall–Kier alpha value is -2.16. The van der Waals surface area contributed by atoms with E-state index in [1.807, 2.05) is 25.1 Å². The lowest BCUT2D eigenvalue weighted by molar-refractivity contribution is -0.121. The van der Waals surface area contributed by atoms with Crippen LogP contribution in [0.5, 0.6) is 0 Å². The summed E-state index contributed by atoms with van der Waals surface area (Å²) in [5.74, 6) is -0.0895. The van der Waals surface area contributed by atoms with Gasteiger partial charge in [-0.25, -0.2) is 4.79 Å². The first-order valence-electron chi connectivity index (χ1n) is 8.61. The molecular formula is C21H26O3. The van der Waals surface area contributed by atoms with Crippen LogP contribution in [0.4, 0.5) is 0 Å². The maximum Gasteiger partial charge on any atom is 0.338 e. The minimum absolute atomic E-state index is 0.0545. The fourth-order valence-electron chi connectivity index (χ4n) is 2.78. The van der Waals surface area contributed by atoms with Crippen molar-refractivity contribution in [1.82, 2.24) is 0 Å². The van der Waals surface area contributed by atoms with E-state index >= 15 is 0 Å². The number of allylic oxidation sites excluding steroid dienone is 3. The SMILES string of the molecule is CC1=CC(=O)[C@H]([C@@H](/C=C/CC(C)C)OC(=O)c2ccccc2)CC1. The molecule has 0 heterocycles. The van der Waals surface area contributed by atoms with E-state index in [-0.39, 0.29) is 17.7 Å². The second-order valence-electron chi connectivity index (χ2n) is 6.83. The van der Waals surface area contributed by atoms with Gasteiger partial charge in [0.1, 0.15) is 6.10 Å². The molecule has 2 rings (SSSR count). The molecule has 0 aromatic heterocycles. The van der Waals surface area contributed by atoms with Gasteiger partial charge in [-0.3, -0.25) is 4.79 Å². The van der Waals surface area contributed by atoms with E-state index in [2.05, 4.69) is 13.8 Å². The van der Waals surface area contributed by atoms with Crippen molar-refractivity contribution in [3.05, 3.63) is 59.7 Å². The Labute approximate surface area is 144 Å². The van der Waals surface area contributed by atoms with E-state index in [1.165, 1.54) is 0 Å². The van der Waals surface area contributed by atoms with Crippen molar-refractivity contribution in [2.75, 3.05) is 0 Å². The standard InChI is InChI=1S/C21H26O3/c1-15(2)8-7-11-20(18-13-12-16(3)14-19(18)22)24-21(23)17-9-5-4-6-10-17/h4-7,9-11,14-15,18,20H,8,12-13H2,1-3H3/b11-7+/t18-,20-/m1/s1. The molecule has 0 radical (unpaired) electrons. The van der Waals surface area contributed by atoms with Crippen molar-refractivity contribution >= 4 is 11.8 Å². The van der Waals surface area contributed by atoms with Crippen molar-refractivity contribution in [3.8, 4) is 0 Å². The van der Waals surface area contributed by atoms with Gasteiger partial charge in [-0.1, -0.05) is 43.7 Å². The minimum atomic E-state index is -0.506. The molecule has 0 unspecified atom stereocenters. The van der Waals surface area contributed by atoms with Crippen LogP contribution in [0.3, 0.4) is 0 Å². The first-order chi connectivity index (χ1) is 11.5. The van der Waals surface area contributed by atoms with Gasteiger partial charge in [0.2, 0.25) is 0 Å². The predicted octanol–water partition coefficient (Wildman–Crippen LogP) is 4.74. The predicted molar refractivity (Wildman–Crippen MR) is 95.7 cm³/mol. The largest absolute Gasteiger partial charge is 0.454 e. The van der Waals surface area contributed by atoms with Gasteiger partial charge < -0.3 is 4.74 Å². The number of esters is 1. The fourth-order valence-corrected chi connectivity index (χ4v) is 2.78. The van der Waals surface area contributed by atoms with Crippen LogP contribution in [-0.4, -0.2) is 17.9 Å². The van der Waals surface area contributed by atoms with Gasteiger partial charge in [-0.2, -0.15) is 0 Å². The Balaban J connectivity index is 2.15. The zero-order valence-electron chi connectivity index (χ0n) is 14.7. The molecule has 0 saturated heterocycles. The van der Waals surface area contributed by atoms with Crippen LogP contribution in [-0.2, 0) is 9.53 Å². The molecule has 1 aliphatic carbocycles. The number of hydrogen-bond donors (Lipinski definition) is 0. The monoisotopic (exact) mass is 326 g/mol. The molecule has 0 amide bonds. The Morgan fingerprint density at radius 3 is 2.62 bits per heavy atom. The Bertz CT molecular complexity index is 626. The zero-order chi connectivity index (χ0) is 17.5. The highest BCUT2D eigenvalue weighted by molar-refractivity contribution is 5.94. The van der Waals surface area contributed by atoms with Crippen molar-refractivity contribution in [1.29, 1.82) is 0 Å². The molecule has 0 bridgehead atoms. The van der Waals surface area contributed by atoms with Crippen molar-refractivity contribution < 1.29 is 14.3 Å². The normalized spacial score (nSPS) is 19.4. The summed E-state index contributed by atoms with van der Waals surface area (Å²) in [6.45, 7) is 6.23. The van der Waals surface area contributed by atoms with Crippen LogP contribution >= 0.6 is 0 Å². The summed E-state index contributed by atoms with van der Waals surface area (Å²) in [4.78, 5) is 24.7. The summed E-state index contributed by atoms with van der Waals surface area (Å²) in [7, 11) is 0. The van der Waals surface area contributed by atoms with Crippen LogP contribution in [0.15, 0.2) is 54.1 Å². The summed E-state index contributed by atoms with van der Waals surface area (Å²) >= 11 is 0. The van der Waals surface area contributed by atoms with Gasteiger partial charge in [0.25, 0.3) is 0 Å².